The minimum atomic E-state index is 0.0302. The highest BCUT2D eigenvalue weighted by molar-refractivity contribution is 9.11. The SMILES string of the molecule is CN(Cc1ccc(Br)s1)C(=O)c1ccccc1SCc1cn2ccccc2n1. The quantitative estimate of drug-likeness (QED) is 0.337. The molecule has 142 valence electrons. The van der Waals surface area contributed by atoms with Crippen molar-refractivity contribution >= 4 is 50.6 Å². The molecule has 0 saturated carbocycles. The predicted molar refractivity (Wildman–Crippen MR) is 119 cm³/mol. The second-order valence-electron chi connectivity index (χ2n) is 6.35. The molecule has 0 unspecified atom stereocenters. The number of pyridine rings is 1. The minimum Gasteiger partial charge on any atom is -0.337 e. The first-order valence-corrected chi connectivity index (χ1v) is 11.3. The lowest BCUT2D eigenvalue weighted by atomic mass is 10.2. The molecular formula is C21H18BrN3OS2. The first kappa shape index (κ1) is 19.2. The number of imidazole rings is 1. The van der Waals surface area contributed by atoms with Gasteiger partial charge in [-0.15, -0.1) is 23.1 Å². The summed E-state index contributed by atoms with van der Waals surface area (Å²) in [5, 5.41) is 0. The maximum atomic E-state index is 13.0. The van der Waals surface area contributed by atoms with Crippen LogP contribution >= 0.6 is 39.0 Å². The van der Waals surface area contributed by atoms with Gasteiger partial charge in [0.15, 0.2) is 0 Å². The zero-order chi connectivity index (χ0) is 19.5. The number of aromatic nitrogens is 2. The number of benzene rings is 1. The van der Waals surface area contributed by atoms with E-state index in [0.29, 0.717) is 12.3 Å². The van der Waals surface area contributed by atoms with Gasteiger partial charge in [0.1, 0.15) is 5.65 Å². The van der Waals surface area contributed by atoms with Crippen molar-refractivity contribution in [3.8, 4) is 0 Å². The van der Waals surface area contributed by atoms with E-state index in [4.69, 9.17) is 0 Å². The fourth-order valence-electron chi connectivity index (χ4n) is 2.93. The number of thioether (sulfide) groups is 1. The van der Waals surface area contributed by atoms with Gasteiger partial charge >= 0.3 is 0 Å². The lowest BCUT2D eigenvalue weighted by Gasteiger charge is -2.18. The summed E-state index contributed by atoms with van der Waals surface area (Å²) >= 11 is 6.77. The molecule has 0 fully saturated rings. The molecule has 0 aliphatic heterocycles. The summed E-state index contributed by atoms with van der Waals surface area (Å²) < 4.78 is 3.09. The van der Waals surface area contributed by atoms with Crippen molar-refractivity contribution < 1.29 is 4.79 Å². The molecule has 0 spiro atoms. The molecule has 4 rings (SSSR count). The Labute approximate surface area is 180 Å². The number of halogens is 1. The number of fused-ring (bicyclic) bond motifs is 1. The number of thiophene rings is 1. The van der Waals surface area contributed by atoms with E-state index >= 15 is 0 Å². The Morgan fingerprint density at radius 2 is 2.00 bits per heavy atom. The number of carbonyl (C=O) groups excluding carboxylic acids is 1. The van der Waals surface area contributed by atoms with Crippen LogP contribution in [0, 0.1) is 0 Å². The van der Waals surface area contributed by atoms with E-state index in [9.17, 15) is 4.79 Å². The molecular weight excluding hydrogens is 454 g/mol. The average molecular weight is 472 g/mol. The summed E-state index contributed by atoms with van der Waals surface area (Å²) in [7, 11) is 1.85. The highest BCUT2D eigenvalue weighted by Gasteiger charge is 2.17. The molecule has 1 aromatic carbocycles. The van der Waals surface area contributed by atoms with E-state index in [-0.39, 0.29) is 5.91 Å². The van der Waals surface area contributed by atoms with E-state index < -0.39 is 0 Å². The van der Waals surface area contributed by atoms with Crippen LogP contribution < -0.4 is 0 Å². The zero-order valence-corrected chi connectivity index (χ0v) is 18.4. The van der Waals surface area contributed by atoms with Gasteiger partial charge in [0, 0.05) is 35.0 Å². The molecule has 0 radical (unpaired) electrons. The molecule has 3 heterocycles. The minimum absolute atomic E-state index is 0.0302. The van der Waals surface area contributed by atoms with Crippen LogP contribution in [0.15, 0.2) is 75.7 Å². The third-order valence-electron chi connectivity index (χ3n) is 4.28. The Kier molecular flexibility index (Phi) is 5.85. The Bertz CT molecular complexity index is 1090. The van der Waals surface area contributed by atoms with E-state index in [2.05, 4.69) is 20.9 Å². The van der Waals surface area contributed by atoms with Crippen LogP contribution in [0.3, 0.4) is 0 Å². The summed E-state index contributed by atoms with van der Waals surface area (Å²) in [6.45, 7) is 0.598. The first-order valence-electron chi connectivity index (χ1n) is 8.74. The number of hydrogen-bond acceptors (Lipinski definition) is 4. The van der Waals surface area contributed by atoms with Crippen LogP contribution in [0.2, 0.25) is 0 Å². The number of hydrogen-bond donors (Lipinski definition) is 0. The zero-order valence-electron chi connectivity index (χ0n) is 15.2. The maximum absolute atomic E-state index is 13.0. The topological polar surface area (TPSA) is 37.6 Å². The highest BCUT2D eigenvalue weighted by atomic mass is 79.9. The summed E-state index contributed by atoms with van der Waals surface area (Å²) in [5.41, 5.74) is 2.66. The number of rotatable bonds is 6. The lowest BCUT2D eigenvalue weighted by Crippen LogP contribution is -2.26. The largest absolute Gasteiger partial charge is 0.337 e. The monoisotopic (exact) mass is 471 g/mol. The third-order valence-corrected chi connectivity index (χ3v) is 6.99. The van der Waals surface area contributed by atoms with E-state index in [1.165, 1.54) is 0 Å². The van der Waals surface area contributed by atoms with E-state index in [1.807, 2.05) is 78.4 Å². The van der Waals surface area contributed by atoms with Gasteiger partial charge in [0.05, 0.1) is 21.6 Å². The molecule has 0 N–H and O–H groups in total. The molecule has 4 nitrogen and oxygen atoms in total. The Morgan fingerprint density at radius 1 is 1.18 bits per heavy atom. The van der Waals surface area contributed by atoms with Gasteiger partial charge < -0.3 is 9.30 Å². The predicted octanol–water partition coefficient (Wildman–Crippen LogP) is 5.72. The van der Waals surface area contributed by atoms with Crippen LogP contribution in [0.1, 0.15) is 20.9 Å². The van der Waals surface area contributed by atoms with Gasteiger partial charge in [-0.3, -0.25) is 4.79 Å². The van der Waals surface area contributed by atoms with Crippen LogP contribution in [-0.2, 0) is 12.3 Å². The Morgan fingerprint density at radius 3 is 2.79 bits per heavy atom. The summed E-state index contributed by atoms with van der Waals surface area (Å²) in [6.07, 6.45) is 4.03. The second-order valence-corrected chi connectivity index (χ2v) is 9.91. The fraction of sp³-hybridized carbons (Fsp3) is 0.143. The lowest BCUT2D eigenvalue weighted by molar-refractivity contribution is 0.0783. The Balaban J connectivity index is 1.48. The molecule has 0 aliphatic carbocycles. The molecule has 0 aliphatic rings. The van der Waals surface area contributed by atoms with Crippen LogP contribution in [-0.4, -0.2) is 27.2 Å². The molecule has 0 bridgehead atoms. The van der Waals surface area contributed by atoms with E-state index in [0.717, 1.165) is 30.5 Å². The fourth-order valence-corrected chi connectivity index (χ4v) is 5.39. The highest BCUT2D eigenvalue weighted by Crippen LogP contribution is 2.28. The van der Waals surface area contributed by atoms with Crippen LogP contribution in [0.5, 0.6) is 0 Å². The van der Waals surface area contributed by atoms with Gasteiger partial charge in [0.2, 0.25) is 0 Å². The molecule has 0 saturated heterocycles. The number of nitrogens with zero attached hydrogens (tertiary/aromatic N) is 3. The third kappa shape index (κ3) is 4.32. The smallest absolute Gasteiger partial charge is 0.255 e. The molecule has 7 heteroatoms. The van der Waals surface area contributed by atoms with Gasteiger partial charge in [-0.2, -0.15) is 0 Å². The Hall–Kier alpha value is -2.09. The first-order chi connectivity index (χ1) is 13.6. The van der Waals surface area contributed by atoms with Crippen molar-refractivity contribution in [1.29, 1.82) is 0 Å². The van der Waals surface area contributed by atoms with Crippen LogP contribution in [0.4, 0.5) is 0 Å². The molecule has 1 amide bonds. The van der Waals surface area contributed by atoms with Crippen molar-refractivity contribution in [3.05, 3.63) is 86.9 Å². The second kappa shape index (κ2) is 8.51. The van der Waals surface area contributed by atoms with Gasteiger partial charge in [-0.1, -0.05) is 18.2 Å². The molecule has 0 atom stereocenters. The normalized spacial score (nSPS) is 11.1. The van der Waals surface area contributed by atoms with Gasteiger partial charge in [-0.25, -0.2) is 4.98 Å². The van der Waals surface area contributed by atoms with Gasteiger partial charge in [0.25, 0.3) is 5.91 Å². The molecule has 3 aromatic heterocycles. The summed E-state index contributed by atoms with van der Waals surface area (Å²) in [5.74, 6) is 0.746. The van der Waals surface area contributed by atoms with E-state index in [1.54, 1.807) is 28.0 Å². The van der Waals surface area contributed by atoms with Crippen molar-refractivity contribution in [3.63, 3.8) is 0 Å². The van der Waals surface area contributed by atoms with Gasteiger partial charge in [-0.05, 0) is 52.3 Å². The average Bonchev–Trinajstić information content (AvgIpc) is 3.31. The summed E-state index contributed by atoms with van der Waals surface area (Å²) in [6, 6.07) is 17.8. The van der Waals surface area contributed by atoms with Crippen LogP contribution in [0.25, 0.3) is 5.65 Å². The molecule has 4 aromatic rings. The van der Waals surface area contributed by atoms with Crippen molar-refractivity contribution in [1.82, 2.24) is 14.3 Å². The maximum Gasteiger partial charge on any atom is 0.255 e. The van der Waals surface area contributed by atoms with Crippen molar-refractivity contribution in [2.24, 2.45) is 0 Å². The van der Waals surface area contributed by atoms with Crippen molar-refractivity contribution in [2.45, 2.75) is 17.2 Å². The van der Waals surface area contributed by atoms with Crippen molar-refractivity contribution in [2.75, 3.05) is 7.05 Å². The number of carbonyl (C=O) groups is 1. The standard InChI is InChI=1S/C21H18BrN3OS2/c1-24(13-16-9-10-19(22)28-16)21(26)17-6-2-3-7-18(17)27-14-15-12-25-11-5-4-8-20(25)23-15/h2-12H,13-14H2,1H3. The number of amides is 1. The summed E-state index contributed by atoms with van der Waals surface area (Å²) in [4.78, 5) is 21.5. The molecule has 28 heavy (non-hydrogen) atoms.